The highest BCUT2D eigenvalue weighted by atomic mass is 127. The SMILES string of the molecule is N#CCc1cc(OC(F)(F)F)c([N+](=O)[O-])nc1I. The molecule has 0 saturated heterocycles. The van der Waals surface area contributed by atoms with E-state index in [-0.39, 0.29) is 15.7 Å². The zero-order chi connectivity index (χ0) is 13.9. The van der Waals surface area contributed by atoms with E-state index in [9.17, 15) is 23.3 Å². The van der Waals surface area contributed by atoms with Gasteiger partial charge in [0.25, 0.3) is 0 Å². The van der Waals surface area contributed by atoms with E-state index in [1.54, 1.807) is 28.7 Å². The van der Waals surface area contributed by atoms with E-state index in [4.69, 9.17) is 5.26 Å². The molecule has 0 amide bonds. The van der Waals surface area contributed by atoms with Gasteiger partial charge in [-0.2, -0.15) is 5.26 Å². The minimum atomic E-state index is -5.07. The van der Waals surface area contributed by atoms with Crippen LogP contribution >= 0.6 is 22.6 Å². The lowest BCUT2D eigenvalue weighted by atomic mass is 10.2. The molecule has 6 nitrogen and oxygen atoms in total. The van der Waals surface area contributed by atoms with Crippen LogP contribution in [0, 0.1) is 25.1 Å². The summed E-state index contributed by atoms with van der Waals surface area (Å²) >= 11 is 1.59. The number of hydrogen-bond acceptors (Lipinski definition) is 5. The van der Waals surface area contributed by atoms with Gasteiger partial charge in [0.05, 0.1) is 12.5 Å². The Morgan fingerprint density at radius 3 is 2.67 bits per heavy atom. The lowest BCUT2D eigenvalue weighted by Gasteiger charge is -2.09. The second-order valence-corrected chi connectivity index (χ2v) is 3.92. The molecule has 0 atom stereocenters. The Morgan fingerprint density at radius 1 is 1.61 bits per heavy atom. The van der Waals surface area contributed by atoms with Crippen molar-refractivity contribution in [3.63, 3.8) is 0 Å². The summed E-state index contributed by atoms with van der Waals surface area (Å²) in [6.45, 7) is 0. The molecule has 0 N–H and O–H groups in total. The molecule has 0 aromatic carbocycles. The average Bonchev–Trinajstić information content (AvgIpc) is 2.20. The highest BCUT2D eigenvalue weighted by molar-refractivity contribution is 14.1. The third-order valence-electron chi connectivity index (χ3n) is 1.66. The van der Waals surface area contributed by atoms with Crippen LogP contribution in [0.4, 0.5) is 19.0 Å². The minimum Gasteiger partial charge on any atom is -0.397 e. The van der Waals surface area contributed by atoms with Crippen molar-refractivity contribution < 1.29 is 22.8 Å². The predicted molar refractivity (Wildman–Crippen MR) is 59.6 cm³/mol. The van der Waals surface area contributed by atoms with E-state index in [0.29, 0.717) is 0 Å². The zero-order valence-electron chi connectivity index (χ0n) is 8.36. The molecule has 1 heterocycles. The summed E-state index contributed by atoms with van der Waals surface area (Å²) in [7, 11) is 0. The van der Waals surface area contributed by atoms with E-state index in [2.05, 4.69) is 9.72 Å². The molecule has 0 unspecified atom stereocenters. The fourth-order valence-electron chi connectivity index (χ4n) is 1.04. The van der Waals surface area contributed by atoms with Gasteiger partial charge in [-0.25, -0.2) is 0 Å². The van der Waals surface area contributed by atoms with Gasteiger partial charge in [-0.3, -0.25) is 0 Å². The molecule has 0 bridgehead atoms. The van der Waals surface area contributed by atoms with Crippen LogP contribution in [-0.2, 0) is 6.42 Å². The first kappa shape index (κ1) is 14.4. The largest absolute Gasteiger partial charge is 0.573 e. The fraction of sp³-hybridized carbons (Fsp3) is 0.250. The van der Waals surface area contributed by atoms with Crippen LogP contribution in [0.1, 0.15) is 5.56 Å². The standard InChI is InChI=1S/C8H3F3IN3O3/c9-8(10,11)18-5-3-4(1-2-13)6(12)14-7(5)15(16)17/h3H,1H2. The van der Waals surface area contributed by atoms with Gasteiger partial charge in [-0.05, 0) is 16.0 Å². The summed E-state index contributed by atoms with van der Waals surface area (Å²) in [5.74, 6) is -2.07. The summed E-state index contributed by atoms with van der Waals surface area (Å²) < 4.78 is 39.8. The zero-order valence-corrected chi connectivity index (χ0v) is 10.5. The molecular weight excluding hydrogens is 370 g/mol. The van der Waals surface area contributed by atoms with Crippen molar-refractivity contribution >= 4 is 28.4 Å². The van der Waals surface area contributed by atoms with Gasteiger partial charge >= 0.3 is 12.2 Å². The van der Waals surface area contributed by atoms with Crippen LogP contribution < -0.4 is 4.74 Å². The van der Waals surface area contributed by atoms with Crippen LogP contribution in [0.2, 0.25) is 0 Å². The van der Waals surface area contributed by atoms with Crippen molar-refractivity contribution in [2.45, 2.75) is 12.8 Å². The normalized spacial score (nSPS) is 10.8. The van der Waals surface area contributed by atoms with Gasteiger partial charge in [0.1, 0.15) is 0 Å². The average molecular weight is 373 g/mol. The van der Waals surface area contributed by atoms with Crippen molar-refractivity contribution in [3.05, 3.63) is 25.4 Å². The Balaban J connectivity index is 3.31. The maximum atomic E-state index is 12.1. The van der Waals surface area contributed by atoms with Crippen LogP contribution in [-0.4, -0.2) is 16.3 Å². The molecule has 10 heteroatoms. The van der Waals surface area contributed by atoms with Crippen molar-refractivity contribution in [2.24, 2.45) is 0 Å². The third-order valence-corrected chi connectivity index (χ3v) is 2.60. The van der Waals surface area contributed by atoms with E-state index in [1.165, 1.54) is 0 Å². The first-order valence-corrected chi connectivity index (χ1v) is 5.29. The van der Waals surface area contributed by atoms with Gasteiger partial charge < -0.3 is 14.9 Å². The lowest BCUT2D eigenvalue weighted by Crippen LogP contribution is -2.18. The number of alkyl halides is 3. The Kier molecular flexibility index (Phi) is 4.28. The molecule has 1 rings (SSSR count). The van der Waals surface area contributed by atoms with Gasteiger partial charge in [-0.15, -0.1) is 13.2 Å². The van der Waals surface area contributed by atoms with Gasteiger partial charge in [-0.1, -0.05) is 0 Å². The minimum absolute atomic E-state index is 0.0791. The van der Waals surface area contributed by atoms with E-state index in [1.807, 2.05) is 0 Å². The molecule has 1 aromatic heterocycles. The smallest absolute Gasteiger partial charge is 0.397 e. The highest BCUT2D eigenvalue weighted by Gasteiger charge is 2.35. The van der Waals surface area contributed by atoms with E-state index in [0.717, 1.165) is 6.07 Å². The third kappa shape index (κ3) is 3.69. The lowest BCUT2D eigenvalue weighted by molar-refractivity contribution is -0.393. The highest BCUT2D eigenvalue weighted by Crippen LogP contribution is 2.32. The Morgan fingerprint density at radius 2 is 2.22 bits per heavy atom. The second kappa shape index (κ2) is 5.34. The van der Waals surface area contributed by atoms with E-state index < -0.39 is 22.9 Å². The Labute approximate surface area is 112 Å². The quantitative estimate of drug-likeness (QED) is 0.352. The summed E-state index contributed by atoms with van der Waals surface area (Å²) in [5.41, 5.74) is 0.128. The van der Waals surface area contributed by atoms with Gasteiger partial charge in [0.15, 0.2) is 0 Å². The molecule has 1 aromatic rings. The molecule has 0 radical (unpaired) electrons. The van der Waals surface area contributed by atoms with Gasteiger partial charge in [0.2, 0.25) is 9.45 Å². The second-order valence-electron chi connectivity index (χ2n) is 2.90. The Bertz CT molecular complexity index is 527. The van der Waals surface area contributed by atoms with Crippen LogP contribution in [0.25, 0.3) is 0 Å². The molecule has 0 spiro atoms. The molecule has 0 aliphatic rings. The maximum absolute atomic E-state index is 12.1. The number of ether oxygens (including phenoxy) is 1. The number of nitriles is 1. The molecule has 0 fully saturated rings. The Hall–Kier alpha value is -1.64. The summed E-state index contributed by atoms with van der Waals surface area (Å²) in [4.78, 5) is 12.9. The van der Waals surface area contributed by atoms with E-state index >= 15 is 0 Å². The summed E-state index contributed by atoms with van der Waals surface area (Å²) in [5, 5.41) is 19.0. The fourth-order valence-corrected chi connectivity index (χ4v) is 1.62. The molecule has 96 valence electrons. The van der Waals surface area contributed by atoms with Crippen LogP contribution in [0.15, 0.2) is 6.07 Å². The molecule has 0 saturated carbocycles. The van der Waals surface area contributed by atoms with Gasteiger partial charge in [0, 0.05) is 28.2 Å². The molecule has 0 aliphatic carbocycles. The number of nitro groups is 1. The number of pyridine rings is 1. The number of halogens is 4. The molecule has 0 aliphatic heterocycles. The van der Waals surface area contributed by atoms with Crippen molar-refractivity contribution in [1.82, 2.24) is 4.98 Å². The van der Waals surface area contributed by atoms with Crippen LogP contribution in [0.3, 0.4) is 0 Å². The molecular formula is C8H3F3IN3O3. The number of nitrogens with zero attached hydrogens (tertiary/aromatic N) is 3. The predicted octanol–water partition coefficient (Wildman–Crippen LogP) is 2.56. The molecule has 18 heavy (non-hydrogen) atoms. The van der Waals surface area contributed by atoms with Crippen molar-refractivity contribution in [1.29, 1.82) is 5.26 Å². The first-order chi connectivity index (χ1) is 8.24. The van der Waals surface area contributed by atoms with Crippen molar-refractivity contribution in [2.75, 3.05) is 0 Å². The van der Waals surface area contributed by atoms with Crippen molar-refractivity contribution in [3.8, 4) is 11.8 Å². The maximum Gasteiger partial charge on any atom is 0.573 e. The first-order valence-electron chi connectivity index (χ1n) is 4.21. The van der Waals surface area contributed by atoms with Crippen LogP contribution in [0.5, 0.6) is 5.75 Å². The number of rotatable bonds is 3. The monoisotopic (exact) mass is 373 g/mol. The number of aromatic nitrogens is 1. The number of hydrogen-bond donors (Lipinski definition) is 0. The summed E-state index contributed by atoms with van der Waals surface area (Å²) in [6.07, 6.45) is -5.29. The summed E-state index contributed by atoms with van der Waals surface area (Å²) in [6, 6.07) is 2.51. The topological polar surface area (TPSA) is 89.0 Å².